The molecule has 20 heavy (non-hydrogen) atoms. The van der Waals surface area contributed by atoms with Crippen molar-refractivity contribution >= 4 is 10.9 Å². The average molecular weight is 268 g/mol. The Hall–Kier alpha value is -2.07. The lowest BCUT2D eigenvalue weighted by molar-refractivity contribution is 0.541. The predicted octanol–water partition coefficient (Wildman–Crippen LogP) is 2.65. The molecule has 1 aromatic carbocycles. The number of nitrogens with zero attached hydrogens (tertiary/aromatic N) is 3. The Bertz CT molecular complexity index is 667. The molecule has 0 amide bonds. The summed E-state index contributed by atoms with van der Waals surface area (Å²) >= 11 is 0. The van der Waals surface area contributed by atoms with Gasteiger partial charge in [-0.2, -0.15) is 5.10 Å². The van der Waals surface area contributed by atoms with E-state index in [0.717, 1.165) is 26.2 Å². The topological polar surface area (TPSA) is 34.8 Å². The molecule has 0 fully saturated rings. The molecule has 0 aliphatic carbocycles. The van der Waals surface area contributed by atoms with Crippen molar-refractivity contribution in [1.29, 1.82) is 0 Å². The molecule has 0 bridgehead atoms. The number of fused-ring (bicyclic) bond motifs is 1. The van der Waals surface area contributed by atoms with Crippen LogP contribution >= 0.6 is 0 Å². The SMILES string of the molecule is CCNCc1cn(CCn2cccn2)c2ccccc12. The number of benzene rings is 1. The molecule has 0 aliphatic rings. The van der Waals surface area contributed by atoms with Gasteiger partial charge in [-0.3, -0.25) is 4.68 Å². The molecule has 1 N–H and O–H groups in total. The number of para-hydroxylation sites is 1. The molecule has 3 aromatic rings. The first-order valence-corrected chi connectivity index (χ1v) is 7.13. The van der Waals surface area contributed by atoms with Crippen LogP contribution in [0.5, 0.6) is 0 Å². The third-order valence-electron chi connectivity index (χ3n) is 3.57. The number of aryl methyl sites for hydroxylation is 2. The van der Waals surface area contributed by atoms with E-state index in [0.29, 0.717) is 0 Å². The van der Waals surface area contributed by atoms with Gasteiger partial charge in [0.1, 0.15) is 0 Å². The average Bonchev–Trinajstić information content (AvgIpc) is 3.11. The van der Waals surface area contributed by atoms with Crippen LogP contribution in [0.15, 0.2) is 48.9 Å². The predicted molar refractivity (Wildman–Crippen MR) is 81.5 cm³/mol. The summed E-state index contributed by atoms with van der Waals surface area (Å²) in [5.74, 6) is 0. The van der Waals surface area contributed by atoms with Gasteiger partial charge < -0.3 is 9.88 Å². The zero-order chi connectivity index (χ0) is 13.8. The van der Waals surface area contributed by atoms with Crippen molar-refractivity contribution in [3.8, 4) is 0 Å². The molecule has 2 heterocycles. The number of nitrogens with one attached hydrogen (secondary N) is 1. The third kappa shape index (κ3) is 2.60. The van der Waals surface area contributed by atoms with Crippen LogP contribution in [-0.2, 0) is 19.6 Å². The van der Waals surface area contributed by atoms with Crippen LogP contribution in [0.1, 0.15) is 12.5 Å². The maximum absolute atomic E-state index is 4.26. The Labute approximate surface area is 119 Å². The standard InChI is InChI=1S/C16H20N4/c1-2-17-12-14-13-19(10-11-20-9-5-8-18-20)16-7-4-3-6-15(14)16/h3-9,13,17H,2,10-12H2,1H3. The minimum atomic E-state index is 0.895. The summed E-state index contributed by atoms with van der Waals surface area (Å²) in [6.45, 7) is 5.89. The zero-order valence-corrected chi connectivity index (χ0v) is 11.8. The van der Waals surface area contributed by atoms with E-state index in [2.05, 4.69) is 52.4 Å². The lowest BCUT2D eigenvalue weighted by Gasteiger charge is -2.05. The molecule has 0 atom stereocenters. The van der Waals surface area contributed by atoms with Crippen LogP contribution < -0.4 is 5.32 Å². The number of rotatable bonds is 6. The van der Waals surface area contributed by atoms with Gasteiger partial charge in [-0.15, -0.1) is 0 Å². The summed E-state index contributed by atoms with van der Waals surface area (Å²) in [5, 5.41) is 9.01. The van der Waals surface area contributed by atoms with E-state index in [1.54, 1.807) is 0 Å². The molecule has 0 radical (unpaired) electrons. The van der Waals surface area contributed by atoms with E-state index in [-0.39, 0.29) is 0 Å². The lowest BCUT2D eigenvalue weighted by atomic mass is 10.2. The van der Waals surface area contributed by atoms with Gasteiger partial charge in [-0.1, -0.05) is 25.1 Å². The summed E-state index contributed by atoms with van der Waals surface area (Å²) in [5.41, 5.74) is 2.66. The first-order chi connectivity index (χ1) is 9.88. The van der Waals surface area contributed by atoms with Crippen LogP contribution in [0.3, 0.4) is 0 Å². The summed E-state index contributed by atoms with van der Waals surface area (Å²) in [6, 6.07) is 10.6. The molecular formula is C16H20N4. The van der Waals surface area contributed by atoms with Crippen molar-refractivity contribution in [2.75, 3.05) is 6.54 Å². The van der Waals surface area contributed by atoms with Gasteiger partial charge in [0.15, 0.2) is 0 Å². The Kier molecular flexibility index (Phi) is 3.83. The van der Waals surface area contributed by atoms with Gasteiger partial charge >= 0.3 is 0 Å². The zero-order valence-electron chi connectivity index (χ0n) is 11.8. The van der Waals surface area contributed by atoms with Crippen LogP contribution in [0.2, 0.25) is 0 Å². The second kappa shape index (κ2) is 5.92. The van der Waals surface area contributed by atoms with E-state index in [4.69, 9.17) is 0 Å². The molecule has 4 nitrogen and oxygen atoms in total. The van der Waals surface area contributed by atoms with Crippen molar-refractivity contribution in [3.05, 3.63) is 54.5 Å². The summed E-state index contributed by atoms with van der Waals surface area (Å²) < 4.78 is 4.29. The van der Waals surface area contributed by atoms with Gasteiger partial charge in [-0.05, 0) is 24.2 Å². The molecule has 0 aliphatic heterocycles. The van der Waals surface area contributed by atoms with Gasteiger partial charge in [0.2, 0.25) is 0 Å². The van der Waals surface area contributed by atoms with E-state index in [9.17, 15) is 0 Å². The highest BCUT2D eigenvalue weighted by Crippen LogP contribution is 2.21. The van der Waals surface area contributed by atoms with Crippen LogP contribution in [0, 0.1) is 0 Å². The fourth-order valence-electron chi connectivity index (χ4n) is 2.55. The smallest absolute Gasteiger partial charge is 0.0588 e. The van der Waals surface area contributed by atoms with Crippen molar-refractivity contribution in [1.82, 2.24) is 19.7 Å². The highest BCUT2D eigenvalue weighted by molar-refractivity contribution is 5.83. The lowest BCUT2D eigenvalue weighted by Crippen LogP contribution is -2.11. The van der Waals surface area contributed by atoms with E-state index < -0.39 is 0 Å². The quantitative estimate of drug-likeness (QED) is 0.746. The molecule has 104 valence electrons. The third-order valence-corrected chi connectivity index (χ3v) is 3.57. The largest absolute Gasteiger partial charge is 0.345 e. The van der Waals surface area contributed by atoms with Gasteiger partial charge in [0, 0.05) is 42.6 Å². The van der Waals surface area contributed by atoms with Crippen molar-refractivity contribution < 1.29 is 0 Å². The minimum Gasteiger partial charge on any atom is -0.345 e. The normalized spacial score (nSPS) is 11.2. The van der Waals surface area contributed by atoms with E-state index in [1.165, 1.54) is 16.5 Å². The molecule has 2 aromatic heterocycles. The maximum Gasteiger partial charge on any atom is 0.0588 e. The Morgan fingerprint density at radius 3 is 2.85 bits per heavy atom. The highest BCUT2D eigenvalue weighted by Gasteiger charge is 2.07. The number of hydrogen-bond acceptors (Lipinski definition) is 2. The second-order valence-corrected chi connectivity index (χ2v) is 4.91. The highest BCUT2D eigenvalue weighted by atomic mass is 15.3. The molecule has 0 saturated carbocycles. The van der Waals surface area contributed by atoms with Crippen LogP contribution in [0.4, 0.5) is 0 Å². The minimum absolute atomic E-state index is 0.895. The van der Waals surface area contributed by atoms with E-state index in [1.807, 2.05) is 23.1 Å². The fraction of sp³-hybridized carbons (Fsp3) is 0.312. The van der Waals surface area contributed by atoms with Crippen molar-refractivity contribution in [3.63, 3.8) is 0 Å². The van der Waals surface area contributed by atoms with Crippen molar-refractivity contribution in [2.24, 2.45) is 0 Å². The first-order valence-electron chi connectivity index (χ1n) is 7.13. The van der Waals surface area contributed by atoms with Crippen LogP contribution in [-0.4, -0.2) is 20.9 Å². The monoisotopic (exact) mass is 268 g/mol. The second-order valence-electron chi connectivity index (χ2n) is 4.91. The van der Waals surface area contributed by atoms with Gasteiger partial charge in [-0.25, -0.2) is 0 Å². The first kappa shape index (κ1) is 12.9. The fourth-order valence-corrected chi connectivity index (χ4v) is 2.55. The summed E-state index contributed by atoms with van der Waals surface area (Å²) in [4.78, 5) is 0. The Morgan fingerprint density at radius 1 is 1.15 bits per heavy atom. The Morgan fingerprint density at radius 2 is 2.05 bits per heavy atom. The van der Waals surface area contributed by atoms with E-state index >= 15 is 0 Å². The molecule has 0 unspecified atom stereocenters. The molecule has 4 heteroatoms. The molecule has 3 rings (SSSR count). The maximum atomic E-state index is 4.26. The Balaban J connectivity index is 1.86. The number of hydrogen-bond donors (Lipinski definition) is 1. The van der Waals surface area contributed by atoms with Gasteiger partial charge in [0.25, 0.3) is 0 Å². The van der Waals surface area contributed by atoms with Gasteiger partial charge in [0.05, 0.1) is 6.54 Å². The van der Waals surface area contributed by atoms with Crippen molar-refractivity contribution in [2.45, 2.75) is 26.6 Å². The summed E-state index contributed by atoms with van der Waals surface area (Å²) in [6.07, 6.45) is 6.09. The molecule has 0 spiro atoms. The van der Waals surface area contributed by atoms with Crippen LogP contribution in [0.25, 0.3) is 10.9 Å². The molecular weight excluding hydrogens is 248 g/mol. The molecule has 0 saturated heterocycles. The summed E-state index contributed by atoms with van der Waals surface area (Å²) in [7, 11) is 0. The number of aromatic nitrogens is 3.